The van der Waals surface area contributed by atoms with Gasteiger partial charge in [-0.1, -0.05) is 6.92 Å². The first-order valence-corrected chi connectivity index (χ1v) is 7.79. The molecule has 0 radical (unpaired) electrons. The van der Waals surface area contributed by atoms with Crippen molar-refractivity contribution in [2.75, 3.05) is 26.2 Å². The molecule has 2 fully saturated rings. The third-order valence-corrected chi connectivity index (χ3v) is 5.74. The van der Waals surface area contributed by atoms with Crippen LogP contribution in [0.4, 0.5) is 0 Å². The molecule has 0 aromatic carbocycles. The van der Waals surface area contributed by atoms with Gasteiger partial charge < -0.3 is 5.11 Å². The van der Waals surface area contributed by atoms with Crippen LogP contribution in [0.15, 0.2) is 0 Å². The average molecular weight is 276 g/mol. The van der Waals surface area contributed by atoms with Crippen LogP contribution in [0.1, 0.15) is 26.2 Å². The maximum absolute atomic E-state index is 12.4. The number of rotatable bonds is 3. The molecule has 0 aromatic rings. The summed E-state index contributed by atoms with van der Waals surface area (Å²) in [7, 11) is -3.46. The molecule has 0 bridgehead atoms. The van der Waals surface area contributed by atoms with Gasteiger partial charge in [-0.25, -0.2) is 0 Å². The predicted octanol–water partition coefficient (Wildman–Crippen LogP) is 0.370. The smallest absolute Gasteiger partial charge is 0.307 e. The third-order valence-electron chi connectivity index (χ3n) is 3.77. The van der Waals surface area contributed by atoms with E-state index in [4.69, 9.17) is 5.11 Å². The topological polar surface area (TPSA) is 77.9 Å². The quantitative estimate of drug-likeness (QED) is 0.808. The zero-order valence-electron chi connectivity index (χ0n) is 10.6. The lowest BCUT2D eigenvalue weighted by Gasteiger charge is -2.32. The van der Waals surface area contributed by atoms with Gasteiger partial charge >= 0.3 is 5.97 Å². The van der Waals surface area contributed by atoms with Crippen molar-refractivity contribution in [3.05, 3.63) is 0 Å². The summed E-state index contributed by atoms with van der Waals surface area (Å²) < 4.78 is 27.5. The van der Waals surface area contributed by atoms with E-state index in [0.29, 0.717) is 32.0 Å². The SMILES string of the molecule is C[C@H]1CCCN(S(=O)(=O)N2CC[C@@H](C(=O)O)C2)C1. The van der Waals surface area contributed by atoms with E-state index in [1.54, 1.807) is 0 Å². The zero-order valence-corrected chi connectivity index (χ0v) is 11.4. The van der Waals surface area contributed by atoms with Crippen LogP contribution in [0.3, 0.4) is 0 Å². The van der Waals surface area contributed by atoms with E-state index in [2.05, 4.69) is 0 Å². The highest BCUT2D eigenvalue weighted by Gasteiger charge is 2.39. The summed E-state index contributed by atoms with van der Waals surface area (Å²) in [5.41, 5.74) is 0. The van der Waals surface area contributed by atoms with E-state index < -0.39 is 22.1 Å². The fraction of sp³-hybridized carbons (Fsp3) is 0.909. The van der Waals surface area contributed by atoms with Crippen LogP contribution in [-0.4, -0.2) is 54.3 Å². The second-order valence-corrected chi connectivity index (χ2v) is 7.22. The van der Waals surface area contributed by atoms with Crippen LogP contribution in [0.5, 0.6) is 0 Å². The number of piperidine rings is 1. The van der Waals surface area contributed by atoms with Crippen LogP contribution in [0.2, 0.25) is 0 Å². The lowest BCUT2D eigenvalue weighted by molar-refractivity contribution is -0.141. The third kappa shape index (κ3) is 2.67. The van der Waals surface area contributed by atoms with Gasteiger partial charge in [0.25, 0.3) is 10.2 Å². The maximum Gasteiger partial charge on any atom is 0.307 e. The van der Waals surface area contributed by atoms with Crippen molar-refractivity contribution in [3.8, 4) is 0 Å². The first-order chi connectivity index (χ1) is 8.41. The summed E-state index contributed by atoms with van der Waals surface area (Å²) in [5, 5.41) is 8.91. The van der Waals surface area contributed by atoms with Gasteiger partial charge in [0.05, 0.1) is 5.92 Å². The van der Waals surface area contributed by atoms with Crippen molar-refractivity contribution in [1.82, 2.24) is 8.61 Å². The van der Waals surface area contributed by atoms with E-state index in [-0.39, 0.29) is 6.54 Å². The first kappa shape index (κ1) is 13.8. The molecule has 0 amide bonds. The molecule has 104 valence electrons. The van der Waals surface area contributed by atoms with E-state index in [9.17, 15) is 13.2 Å². The van der Waals surface area contributed by atoms with Crippen molar-refractivity contribution in [1.29, 1.82) is 0 Å². The molecule has 2 rings (SSSR count). The summed E-state index contributed by atoms with van der Waals surface area (Å²) in [6, 6.07) is 0. The molecule has 2 aliphatic rings. The van der Waals surface area contributed by atoms with Crippen molar-refractivity contribution >= 4 is 16.2 Å². The first-order valence-electron chi connectivity index (χ1n) is 6.39. The number of hydrogen-bond donors (Lipinski definition) is 1. The predicted molar refractivity (Wildman–Crippen MR) is 66.2 cm³/mol. The standard InChI is InChI=1S/C11H20N2O4S/c1-9-3-2-5-12(7-9)18(16,17)13-6-4-10(8-13)11(14)15/h9-10H,2-8H2,1H3,(H,14,15)/t9-,10+/m0/s1. The van der Waals surface area contributed by atoms with Crippen LogP contribution in [-0.2, 0) is 15.0 Å². The van der Waals surface area contributed by atoms with Gasteiger partial charge in [0.15, 0.2) is 0 Å². The van der Waals surface area contributed by atoms with E-state index in [1.165, 1.54) is 8.61 Å². The minimum absolute atomic E-state index is 0.114. The molecule has 2 heterocycles. The van der Waals surface area contributed by atoms with Crippen LogP contribution < -0.4 is 0 Å². The Morgan fingerprint density at radius 1 is 1.17 bits per heavy atom. The summed E-state index contributed by atoms with van der Waals surface area (Å²) in [6.07, 6.45) is 2.36. The molecule has 2 aliphatic heterocycles. The molecule has 2 saturated heterocycles. The molecule has 1 N–H and O–H groups in total. The fourth-order valence-corrected chi connectivity index (χ4v) is 4.49. The largest absolute Gasteiger partial charge is 0.481 e. The summed E-state index contributed by atoms with van der Waals surface area (Å²) in [5.74, 6) is -1.08. The summed E-state index contributed by atoms with van der Waals surface area (Å²) >= 11 is 0. The monoisotopic (exact) mass is 276 g/mol. The highest BCUT2D eigenvalue weighted by molar-refractivity contribution is 7.86. The number of carboxylic acid groups (broad SMARTS) is 1. The van der Waals surface area contributed by atoms with Crippen molar-refractivity contribution in [2.24, 2.45) is 11.8 Å². The number of aliphatic carboxylic acids is 1. The molecule has 0 aliphatic carbocycles. The fourth-order valence-electron chi connectivity index (χ4n) is 2.66. The molecular weight excluding hydrogens is 256 g/mol. The Bertz CT molecular complexity index is 423. The van der Waals surface area contributed by atoms with Crippen LogP contribution >= 0.6 is 0 Å². The van der Waals surface area contributed by atoms with Crippen LogP contribution in [0.25, 0.3) is 0 Å². The normalized spacial score (nSPS) is 31.6. The van der Waals surface area contributed by atoms with Crippen LogP contribution in [0, 0.1) is 11.8 Å². The Balaban J connectivity index is 2.05. The highest BCUT2D eigenvalue weighted by Crippen LogP contribution is 2.25. The van der Waals surface area contributed by atoms with Gasteiger partial charge in [0.1, 0.15) is 0 Å². The number of carboxylic acids is 1. The molecule has 0 spiro atoms. The minimum Gasteiger partial charge on any atom is -0.481 e. The Morgan fingerprint density at radius 2 is 1.83 bits per heavy atom. The minimum atomic E-state index is -3.46. The number of nitrogens with zero attached hydrogens (tertiary/aromatic N) is 2. The lowest BCUT2D eigenvalue weighted by Crippen LogP contribution is -2.47. The second-order valence-electron chi connectivity index (χ2n) is 5.30. The van der Waals surface area contributed by atoms with Gasteiger partial charge in [0, 0.05) is 26.2 Å². The molecule has 0 saturated carbocycles. The molecule has 0 unspecified atom stereocenters. The Labute approximate surface area is 108 Å². The Morgan fingerprint density at radius 3 is 2.39 bits per heavy atom. The maximum atomic E-state index is 12.4. The Hall–Kier alpha value is -0.660. The van der Waals surface area contributed by atoms with Gasteiger partial charge in [0.2, 0.25) is 0 Å². The van der Waals surface area contributed by atoms with Gasteiger partial charge in [-0.2, -0.15) is 17.0 Å². The molecule has 18 heavy (non-hydrogen) atoms. The summed E-state index contributed by atoms with van der Waals surface area (Å²) in [6.45, 7) is 3.59. The van der Waals surface area contributed by atoms with E-state index in [0.717, 1.165) is 12.8 Å². The van der Waals surface area contributed by atoms with E-state index in [1.807, 2.05) is 6.92 Å². The molecule has 0 aromatic heterocycles. The number of carbonyl (C=O) groups is 1. The molecule has 6 nitrogen and oxygen atoms in total. The molecule has 7 heteroatoms. The van der Waals surface area contributed by atoms with Gasteiger partial charge in [-0.05, 0) is 25.2 Å². The Kier molecular flexibility index (Phi) is 3.93. The molecular formula is C11H20N2O4S. The van der Waals surface area contributed by atoms with Crippen molar-refractivity contribution in [3.63, 3.8) is 0 Å². The van der Waals surface area contributed by atoms with E-state index >= 15 is 0 Å². The molecule has 2 atom stereocenters. The average Bonchev–Trinajstić information content (AvgIpc) is 2.79. The second kappa shape index (κ2) is 5.14. The highest BCUT2D eigenvalue weighted by atomic mass is 32.2. The van der Waals surface area contributed by atoms with Crippen molar-refractivity contribution in [2.45, 2.75) is 26.2 Å². The van der Waals surface area contributed by atoms with Gasteiger partial charge in [-0.15, -0.1) is 0 Å². The van der Waals surface area contributed by atoms with Gasteiger partial charge in [-0.3, -0.25) is 4.79 Å². The van der Waals surface area contributed by atoms with Crippen molar-refractivity contribution < 1.29 is 18.3 Å². The number of hydrogen-bond acceptors (Lipinski definition) is 3. The summed E-state index contributed by atoms with van der Waals surface area (Å²) in [4.78, 5) is 10.9. The lowest BCUT2D eigenvalue weighted by atomic mass is 10.0. The zero-order chi connectivity index (χ0) is 13.3.